The quantitative estimate of drug-likeness (QED) is 0.772. The number of aromatic nitrogens is 2. The summed E-state index contributed by atoms with van der Waals surface area (Å²) in [6.45, 7) is 0.427. The van der Waals surface area contributed by atoms with Crippen LogP contribution in [-0.4, -0.2) is 22.2 Å². The van der Waals surface area contributed by atoms with Crippen molar-refractivity contribution in [1.29, 1.82) is 0 Å². The number of hydrogen-bond acceptors (Lipinski definition) is 3. The molecule has 1 amide bonds. The summed E-state index contributed by atoms with van der Waals surface area (Å²) in [5, 5.41) is 2.74. The second-order valence-corrected chi connectivity index (χ2v) is 3.50. The molecule has 86 valence electrons. The second kappa shape index (κ2) is 5.07. The van der Waals surface area contributed by atoms with Gasteiger partial charge in [-0.2, -0.15) is 0 Å². The number of aromatic amines is 1. The first-order valence-corrected chi connectivity index (χ1v) is 5.10. The Labute approximate surface area is 97.9 Å². The predicted octanol–water partition coefficient (Wildman–Crippen LogP) is 1.15. The van der Waals surface area contributed by atoms with Gasteiger partial charge < -0.3 is 10.3 Å². The first-order chi connectivity index (χ1) is 8.29. The Morgan fingerprint density at radius 2 is 2.18 bits per heavy atom. The smallest absolute Gasteiger partial charge is 0.267 e. The fourth-order valence-corrected chi connectivity index (χ4v) is 1.39. The van der Waals surface area contributed by atoms with Gasteiger partial charge in [0.15, 0.2) is 6.29 Å². The molecule has 0 unspecified atom stereocenters. The highest BCUT2D eigenvalue weighted by Crippen LogP contribution is 2.01. The van der Waals surface area contributed by atoms with Crippen molar-refractivity contribution >= 4 is 12.2 Å². The van der Waals surface area contributed by atoms with E-state index in [1.165, 1.54) is 12.3 Å². The van der Waals surface area contributed by atoms with Crippen LogP contribution in [0.3, 0.4) is 0 Å². The minimum atomic E-state index is -0.241. The van der Waals surface area contributed by atoms with Crippen LogP contribution in [0, 0.1) is 0 Å². The lowest BCUT2D eigenvalue weighted by molar-refractivity contribution is 0.0946. The molecule has 2 heterocycles. The van der Waals surface area contributed by atoms with Gasteiger partial charge in [-0.15, -0.1) is 0 Å². The molecule has 2 N–H and O–H groups in total. The van der Waals surface area contributed by atoms with E-state index in [2.05, 4.69) is 15.3 Å². The summed E-state index contributed by atoms with van der Waals surface area (Å²) >= 11 is 0. The maximum atomic E-state index is 11.7. The van der Waals surface area contributed by atoms with Gasteiger partial charge >= 0.3 is 0 Å². The molecular weight excluding hydrogens is 218 g/mol. The lowest BCUT2D eigenvalue weighted by atomic mass is 10.2. The van der Waals surface area contributed by atoms with Gasteiger partial charge in [-0.1, -0.05) is 0 Å². The molecule has 0 fully saturated rings. The van der Waals surface area contributed by atoms with Crippen LogP contribution in [0.2, 0.25) is 0 Å². The molecule has 0 aliphatic rings. The molecule has 2 rings (SSSR count). The average Bonchev–Trinajstić information content (AvgIpc) is 2.86. The van der Waals surface area contributed by atoms with Gasteiger partial charge in [-0.05, 0) is 23.8 Å². The highest BCUT2D eigenvalue weighted by molar-refractivity contribution is 5.94. The molecule has 2 aromatic heterocycles. The highest BCUT2D eigenvalue weighted by atomic mass is 16.1. The minimum Gasteiger partial charge on any atom is -0.357 e. The zero-order valence-corrected chi connectivity index (χ0v) is 9.01. The van der Waals surface area contributed by atoms with Crippen LogP contribution in [0.15, 0.2) is 36.8 Å². The molecule has 5 heteroatoms. The molecule has 0 aromatic carbocycles. The lowest BCUT2D eigenvalue weighted by Crippen LogP contribution is -2.23. The van der Waals surface area contributed by atoms with Crippen LogP contribution >= 0.6 is 0 Å². The summed E-state index contributed by atoms with van der Waals surface area (Å²) in [5.41, 5.74) is 1.80. The summed E-state index contributed by atoms with van der Waals surface area (Å²) in [6, 6.07) is 5.16. The van der Waals surface area contributed by atoms with Gasteiger partial charge in [0.25, 0.3) is 5.91 Å². The number of nitrogens with one attached hydrogen (secondary N) is 2. The molecule has 0 bridgehead atoms. The molecule has 0 radical (unpaired) electrons. The first-order valence-electron chi connectivity index (χ1n) is 5.10. The summed E-state index contributed by atoms with van der Waals surface area (Å²) in [5.74, 6) is -0.241. The number of amides is 1. The number of hydrogen-bond donors (Lipinski definition) is 2. The van der Waals surface area contributed by atoms with Crippen molar-refractivity contribution in [2.75, 3.05) is 0 Å². The van der Waals surface area contributed by atoms with Gasteiger partial charge in [0, 0.05) is 30.7 Å². The average molecular weight is 229 g/mol. The number of nitrogens with zero attached hydrogens (tertiary/aromatic N) is 1. The molecule has 0 aliphatic carbocycles. The van der Waals surface area contributed by atoms with E-state index in [9.17, 15) is 9.59 Å². The number of rotatable bonds is 4. The van der Waals surface area contributed by atoms with Gasteiger partial charge in [-0.25, -0.2) is 0 Å². The Bertz CT molecular complexity index is 520. The van der Waals surface area contributed by atoms with E-state index in [1.54, 1.807) is 12.4 Å². The molecule has 2 aromatic rings. The van der Waals surface area contributed by atoms with Crippen molar-refractivity contribution in [2.45, 2.75) is 6.54 Å². The van der Waals surface area contributed by atoms with Crippen LogP contribution in [-0.2, 0) is 6.54 Å². The van der Waals surface area contributed by atoms with E-state index in [0.29, 0.717) is 24.1 Å². The van der Waals surface area contributed by atoms with Crippen molar-refractivity contribution in [3.63, 3.8) is 0 Å². The molecule has 0 atom stereocenters. The van der Waals surface area contributed by atoms with Crippen molar-refractivity contribution in [3.05, 3.63) is 53.6 Å². The van der Waals surface area contributed by atoms with Crippen LogP contribution in [0.25, 0.3) is 0 Å². The number of aldehydes is 1. The minimum absolute atomic E-state index is 0.241. The maximum Gasteiger partial charge on any atom is 0.267 e. The number of carbonyl (C=O) groups excluding carboxylic acids is 2. The van der Waals surface area contributed by atoms with Crippen molar-refractivity contribution < 1.29 is 9.59 Å². The number of carbonyl (C=O) groups is 2. The van der Waals surface area contributed by atoms with E-state index in [4.69, 9.17) is 0 Å². The van der Waals surface area contributed by atoms with Crippen molar-refractivity contribution in [2.24, 2.45) is 0 Å². The largest absolute Gasteiger partial charge is 0.357 e. The van der Waals surface area contributed by atoms with E-state index in [0.717, 1.165) is 5.56 Å². The zero-order valence-electron chi connectivity index (χ0n) is 9.01. The zero-order chi connectivity index (χ0) is 12.1. The predicted molar refractivity (Wildman–Crippen MR) is 61.6 cm³/mol. The summed E-state index contributed by atoms with van der Waals surface area (Å²) in [4.78, 5) is 28.8. The molecular formula is C12H11N3O2. The molecule has 0 saturated carbocycles. The Kier molecular flexibility index (Phi) is 3.30. The van der Waals surface area contributed by atoms with E-state index < -0.39 is 0 Å². The molecule has 0 saturated heterocycles. The van der Waals surface area contributed by atoms with Crippen LogP contribution in [0.4, 0.5) is 0 Å². The van der Waals surface area contributed by atoms with Crippen molar-refractivity contribution in [3.8, 4) is 0 Å². The Morgan fingerprint density at radius 3 is 2.82 bits per heavy atom. The van der Waals surface area contributed by atoms with E-state index in [1.807, 2.05) is 12.1 Å². The summed E-state index contributed by atoms with van der Waals surface area (Å²) in [6.07, 6.45) is 5.52. The van der Waals surface area contributed by atoms with Crippen LogP contribution in [0.1, 0.15) is 26.4 Å². The third kappa shape index (κ3) is 2.78. The lowest BCUT2D eigenvalue weighted by Gasteiger charge is -2.03. The third-order valence-corrected chi connectivity index (χ3v) is 2.29. The molecule has 17 heavy (non-hydrogen) atoms. The SMILES string of the molecule is O=Cc1c[nH]c(C(=O)NCc2ccncc2)c1. The fourth-order valence-electron chi connectivity index (χ4n) is 1.39. The topological polar surface area (TPSA) is 74.8 Å². The summed E-state index contributed by atoms with van der Waals surface area (Å²) in [7, 11) is 0. The second-order valence-electron chi connectivity index (χ2n) is 3.50. The highest BCUT2D eigenvalue weighted by Gasteiger charge is 2.07. The molecule has 0 spiro atoms. The van der Waals surface area contributed by atoms with E-state index >= 15 is 0 Å². The third-order valence-electron chi connectivity index (χ3n) is 2.29. The Balaban J connectivity index is 1.96. The molecule has 0 aliphatic heterocycles. The van der Waals surface area contributed by atoms with E-state index in [-0.39, 0.29) is 5.91 Å². The normalized spacial score (nSPS) is 9.88. The molecule has 5 nitrogen and oxygen atoms in total. The number of pyridine rings is 1. The number of H-pyrrole nitrogens is 1. The van der Waals surface area contributed by atoms with Crippen LogP contribution in [0.5, 0.6) is 0 Å². The monoisotopic (exact) mass is 229 g/mol. The van der Waals surface area contributed by atoms with Gasteiger partial charge in [-0.3, -0.25) is 14.6 Å². The van der Waals surface area contributed by atoms with Crippen LogP contribution < -0.4 is 5.32 Å². The maximum absolute atomic E-state index is 11.7. The Hall–Kier alpha value is -2.43. The summed E-state index contributed by atoms with van der Waals surface area (Å²) < 4.78 is 0. The standard InChI is InChI=1S/C12H11N3O2/c16-8-10-5-11(14-7-10)12(17)15-6-9-1-3-13-4-2-9/h1-5,7-8,14H,6H2,(H,15,17). The Morgan fingerprint density at radius 1 is 1.41 bits per heavy atom. The first kappa shape index (κ1) is 11.1. The van der Waals surface area contributed by atoms with Gasteiger partial charge in [0.2, 0.25) is 0 Å². The van der Waals surface area contributed by atoms with Crippen molar-refractivity contribution in [1.82, 2.24) is 15.3 Å². The van der Waals surface area contributed by atoms with Gasteiger partial charge in [0.05, 0.1) is 0 Å². The fraction of sp³-hybridized carbons (Fsp3) is 0.0833. The van der Waals surface area contributed by atoms with Gasteiger partial charge in [0.1, 0.15) is 5.69 Å².